The van der Waals surface area contributed by atoms with E-state index < -0.39 is 11.8 Å². The zero-order chi connectivity index (χ0) is 21.7. The first kappa shape index (κ1) is 25.2. The summed E-state index contributed by atoms with van der Waals surface area (Å²) in [4.78, 5) is 14.7. The standard InChI is InChI=1S/C25H35N3O2.ClH/c1-18(2)21-7-5-20(6-8-21)17-28-15-13-25(26,14-16-28)30-24(29)27-23-11-9-22(10-12-23)19(3)4;/h5-12,18-19H,13-17,26H2,1-4H3,(H,27,29);1H. The quantitative estimate of drug-likeness (QED) is 0.547. The zero-order valence-corrected chi connectivity index (χ0v) is 19.9. The molecule has 0 bridgehead atoms. The van der Waals surface area contributed by atoms with Crippen LogP contribution in [-0.2, 0) is 11.3 Å². The molecule has 1 aliphatic heterocycles. The van der Waals surface area contributed by atoms with Crippen molar-refractivity contribution in [2.45, 2.75) is 64.6 Å². The normalized spacial score (nSPS) is 16.1. The number of ether oxygens (including phenoxy) is 1. The van der Waals surface area contributed by atoms with E-state index >= 15 is 0 Å². The van der Waals surface area contributed by atoms with Crippen molar-refractivity contribution in [3.05, 3.63) is 65.2 Å². The van der Waals surface area contributed by atoms with Gasteiger partial charge < -0.3 is 4.74 Å². The fourth-order valence-corrected chi connectivity index (χ4v) is 3.74. The molecule has 1 aliphatic rings. The molecule has 0 aromatic heterocycles. The number of hydrogen-bond acceptors (Lipinski definition) is 4. The predicted molar refractivity (Wildman–Crippen MR) is 130 cm³/mol. The topological polar surface area (TPSA) is 67.6 Å². The molecule has 1 saturated heterocycles. The number of nitrogens with two attached hydrogens (primary N) is 1. The summed E-state index contributed by atoms with van der Waals surface area (Å²) in [6, 6.07) is 16.6. The van der Waals surface area contributed by atoms with Crippen molar-refractivity contribution < 1.29 is 9.53 Å². The van der Waals surface area contributed by atoms with Gasteiger partial charge in [-0.1, -0.05) is 64.1 Å². The number of hydrogen-bond donors (Lipinski definition) is 2. The summed E-state index contributed by atoms with van der Waals surface area (Å²) >= 11 is 0. The summed E-state index contributed by atoms with van der Waals surface area (Å²) in [5.74, 6) is 1.000. The number of amides is 1. The summed E-state index contributed by atoms with van der Waals surface area (Å²) in [7, 11) is 0. The molecule has 0 atom stereocenters. The molecular weight excluding hydrogens is 410 g/mol. The molecule has 0 radical (unpaired) electrons. The van der Waals surface area contributed by atoms with Crippen LogP contribution in [0.3, 0.4) is 0 Å². The van der Waals surface area contributed by atoms with Gasteiger partial charge in [-0.2, -0.15) is 0 Å². The first-order valence-electron chi connectivity index (χ1n) is 10.9. The van der Waals surface area contributed by atoms with Crippen LogP contribution in [-0.4, -0.2) is 29.8 Å². The van der Waals surface area contributed by atoms with Gasteiger partial charge in [0, 0.05) is 38.2 Å². The maximum absolute atomic E-state index is 12.3. The summed E-state index contributed by atoms with van der Waals surface area (Å²) in [6.07, 6.45) is 0.751. The largest absolute Gasteiger partial charge is 0.428 e. The van der Waals surface area contributed by atoms with Gasteiger partial charge in [-0.15, -0.1) is 12.4 Å². The van der Waals surface area contributed by atoms with Gasteiger partial charge in [-0.05, 0) is 40.7 Å². The molecule has 0 saturated carbocycles. The lowest BCUT2D eigenvalue weighted by Crippen LogP contribution is -2.53. The minimum atomic E-state index is -0.917. The fraction of sp³-hybridized carbons (Fsp3) is 0.480. The number of piperidine rings is 1. The second kappa shape index (κ2) is 11.0. The highest BCUT2D eigenvalue weighted by Crippen LogP contribution is 2.24. The highest BCUT2D eigenvalue weighted by atomic mass is 35.5. The van der Waals surface area contributed by atoms with Crippen molar-refractivity contribution in [2.24, 2.45) is 5.73 Å². The van der Waals surface area contributed by atoms with Gasteiger partial charge in [0.1, 0.15) is 0 Å². The Morgan fingerprint density at radius 2 is 1.45 bits per heavy atom. The van der Waals surface area contributed by atoms with Gasteiger partial charge in [0.05, 0.1) is 0 Å². The van der Waals surface area contributed by atoms with Crippen LogP contribution in [0.25, 0.3) is 0 Å². The minimum absolute atomic E-state index is 0. The van der Waals surface area contributed by atoms with Crippen LogP contribution in [0, 0.1) is 0 Å². The van der Waals surface area contributed by atoms with E-state index in [0.717, 1.165) is 25.3 Å². The number of nitrogens with one attached hydrogen (secondary N) is 1. The van der Waals surface area contributed by atoms with E-state index in [1.807, 2.05) is 24.3 Å². The Balaban J connectivity index is 0.00000341. The highest BCUT2D eigenvalue weighted by Gasteiger charge is 2.34. The third kappa shape index (κ3) is 7.23. The van der Waals surface area contributed by atoms with Crippen LogP contribution in [0.15, 0.2) is 48.5 Å². The maximum atomic E-state index is 12.3. The van der Waals surface area contributed by atoms with Crippen LogP contribution < -0.4 is 11.1 Å². The van der Waals surface area contributed by atoms with Gasteiger partial charge in [0.15, 0.2) is 5.72 Å². The number of anilines is 1. The van der Waals surface area contributed by atoms with Gasteiger partial charge in [-0.25, -0.2) is 4.79 Å². The molecule has 5 nitrogen and oxygen atoms in total. The Morgan fingerprint density at radius 1 is 0.968 bits per heavy atom. The molecule has 31 heavy (non-hydrogen) atoms. The number of carbonyl (C=O) groups is 1. The Labute approximate surface area is 192 Å². The maximum Gasteiger partial charge on any atom is 0.413 e. The van der Waals surface area contributed by atoms with Gasteiger partial charge >= 0.3 is 6.09 Å². The number of nitrogens with zero attached hydrogens (tertiary/aromatic N) is 1. The monoisotopic (exact) mass is 445 g/mol. The van der Waals surface area contributed by atoms with Crippen molar-refractivity contribution in [2.75, 3.05) is 18.4 Å². The number of benzene rings is 2. The number of carbonyl (C=O) groups excluding carboxylic acids is 1. The molecule has 3 N–H and O–H groups in total. The van der Waals surface area contributed by atoms with E-state index in [4.69, 9.17) is 10.5 Å². The van der Waals surface area contributed by atoms with Crippen LogP contribution in [0.5, 0.6) is 0 Å². The Bertz CT molecular complexity index is 827. The van der Waals surface area contributed by atoms with Crippen LogP contribution in [0.2, 0.25) is 0 Å². The van der Waals surface area contributed by atoms with Gasteiger partial charge in [0.25, 0.3) is 0 Å². The molecule has 1 fully saturated rings. The SMILES string of the molecule is CC(C)c1ccc(CN2CCC(N)(OC(=O)Nc3ccc(C(C)C)cc3)CC2)cc1.Cl. The van der Waals surface area contributed by atoms with Crippen LogP contribution in [0.4, 0.5) is 10.5 Å². The molecule has 1 heterocycles. The highest BCUT2D eigenvalue weighted by molar-refractivity contribution is 5.85. The molecule has 0 aliphatic carbocycles. The van der Waals surface area contributed by atoms with Crippen molar-refractivity contribution in [3.63, 3.8) is 0 Å². The van der Waals surface area contributed by atoms with E-state index in [-0.39, 0.29) is 12.4 Å². The second-order valence-corrected chi connectivity index (χ2v) is 9.03. The predicted octanol–water partition coefficient (Wildman–Crippen LogP) is 5.85. The summed E-state index contributed by atoms with van der Waals surface area (Å²) < 4.78 is 5.60. The zero-order valence-electron chi connectivity index (χ0n) is 19.1. The smallest absolute Gasteiger partial charge is 0.413 e. The second-order valence-electron chi connectivity index (χ2n) is 9.03. The summed E-state index contributed by atoms with van der Waals surface area (Å²) in [6.45, 7) is 11.2. The average Bonchev–Trinajstić information content (AvgIpc) is 2.70. The van der Waals surface area contributed by atoms with E-state index in [1.54, 1.807) is 0 Å². The third-order valence-electron chi connectivity index (χ3n) is 5.87. The number of rotatable bonds is 6. The van der Waals surface area contributed by atoms with Crippen molar-refractivity contribution in [3.8, 4) is 0 Å². The van der Waals surface area contributed by atoms with E-state index in [9.17, 15) is 4.79 Å². The van der Waals surface area contributed by atoms with Gasteiger partial charge in [0.2, 0.25) is 0 Å². The third-order valence-corrected chi connectivity index (χ3v) is 5.87. The Hall–Kier alpha value is -2.08. The molecule has 170 valence electrons. The van der Waals surface area contributed by atoms with Crippen molar-refractivity contribution in [1.29, 1.82) is 0 Å². The minimum Gasteiger partial charge on any atom is -0.428 e. The molecule has 2 aromatic carbocycles. The lowest BCUT2D eigenvalue weighted by atomic mass is 9.99. The first-order valence-corrected chi connectivity index (χ1v) is 10.9. The molecule has 6 heteroatoms. The molecule has 3 rings (SSSR count). The lowest BCUT2D eigenvalue weighted by molar-refractivity contribution is -0.0269. The van der Waals surface area contributed by atoms with Crippen LogP contribution in [0.1, 0.15) is 69.1 Å². The first-order chi connectivity index (χ1) is 14.2. The van der Waals surface area contributed by atoms with Gasteiger partial charge in [-0.3, -0.25) is 16.0 Å². The average molecular weight is 446 g/mol. The molecule has 1 amide bonds. The molecule has 0 spiro atoms. The lowest BCUT2D eigenvalue weighted by Gasteiger charge is -2.38. The Kier molecular flexibility index (Phi) is 8.92. The molecule has 0 unspecified atom stereocenters. The fourth-order valence-electron chi connectivity index (χ4n) is 3.74. The van der Waals surface area contributed by atoms with Crippen LogP contribution >= 0.6 is 12.4 Å². The molecular formula is C25H36ClN3O2. The summed E-state index contributed by atoms with van der Waals surface area (Å²) in [5, 5.41) is 2.79. The summed E-state index contributed by atoms with van der Waals surface area (Å²) in [5.41, 5.74) is 10.1. The van der Waals surface area contributed by atoms with E-state index in [0.29, 0.717) is 24.7 Å². The van der Waals surface area contributed by atoms with E-state index in [1.165, 1.54) is 16.7 Å². The van der Waals surface area contributed by atoms with Crippen molar-refractivity contribution in [1.82, 2.24) is 4.90 Å². The number of likely N-dealkylation sites (tertiary alicyclic amines) is 1. The van der Waals surface area contributed by atoms with E-state index in [2.05, 4.69) is 62.2 Å². The van der Waals surface area contributed by atoms with Crippen molar-refractivity contribution >= 4 is 24.2 Å². The number of halogens is 1. The Morgan fingerprint density at radius 3 is 1.94 bits per heavy atom. The molecule has 2 aromatic rings.